The fourth-order valence-corrected chi connectivity index (χ4v) is 3.23. The van der Waals surface area contributed by atoms with Gasteiger partial charge in [-0.2, -0.15) is 12.6 Å². The monoisotopic (exact) mass is 183 g/mol. The Morgan fingerprint density at radius 1 is 1.42 bits per heavy atom. The number of thiol groups is 1. The van der Waals surface area contributed by atoms with Gasteiger partial charge in [0.15, 0.2) is 0 Å². The fourth-order valence-electron chi connectivity index (χ4n) is 2.63. The summed E-state index contributed by atoms with van der Waals surface area (Å²) in [5.41, 5.74) is 0. The second-order valence-corrected chi connectivity index (χ2v) is 4.50. The zero-order valence-electron chi connectivity index (χ0n) is 7.45. The van der Waals surface area contributed by atoms with Crippen LogP contribution in [0.5, 0.6) is 0 Å². The van der Waals surface area contributed by atoms with E-state index in [0.29, 0.717) is 5.37 Å². The van der Waals surface area contributed by atoms with Crippen LogP contribution in [0.25, 0.3) is 0 Å². The Morgan fingerprint density at radius 3 is 2.58 bits per heavy atom. The molecule has 0 aliphatic carbocycles. The van der Waals surface area contributed by atoms with E-state index < -0.39 is 0 Å². The lowest BCUT2D eigenvalue weighted by Crippen LogP contribution is -2.52. The summed E-state index contributed by atoms with van der Waals surface area (Å²) in [6.07, 6.45) is 5.97. The number of hydrogen-bond donors (Lipinski definition) is 1. The summed E-state index contributed by atoms with van der Waals surface area (Å²) in [5, 5.41) is 0.510. The molecule has 68 valence electrons. The van der Waals surface area contributed by atoms with Crippen LogP contribution in [0.1, 0.15) is 19.3 Å². The van der Waals surface area contributed by atoms with Gasteiger partial charge in [0.05, 0.1) is 5.37 Å². The first kappa shape index (κ1) is 8.64. The highest BCUT2D eigenvalue weighted by Crippen LogP contribution is 2.40. The Labute approximate surface area is 80.2 Å². The van der Waals surface area contributed by atoms with Crippen LogP contribution in [0.3, 0.4) is 0 Å². The van der Waals surface area contributed by atoms with Crippen LogP contribution >= 0.6 is 12.6 Å². The molecule has 0 aromatic rings. The van der Waals surface area contributed by atoms with Gasteiger partial charge in [-0.15, -0.1) is 6.58 Å². The molecule has 2 bridgehead atoms. The van der Waals surface area contributed by atoms with Crippen LogP contribution in [0.15, 0.2) is 12.7 Å². The first-order valence-electron chi connectivity index (χ1n) is 4.86. The fraction of sp³-hybridized carbons (Fsp3) is 0.800. The van der Waals surface area contributed by atoms with Crippen molar-refractivity contribution in [1.29, 1.82) is 0 Å². The molecule has 0 amide bonds. The average Bonchev–Trinajstić information content (AvgIpc) is 2.12. The van der Waals surface area contributed by atoms with E-state index in [0.717, 1.165) is 18.3 Å². The number of allylic oxidation sites excluding steroid dienone is 1. The summed E-state index contributed by atoms with van der Waals surface area (Å²) in [6, 6.07) is 0. The normalized spacial score (nSPS) is 46.1. The van der Waals surface area contributed by atoms with Gasteiger partial charge in [-0.25, -0.2) is 0 Å². The maximum atomic E-state index is 4.67. The standard InChI is InChI=1S/C10H17NS/c1-2-3-9-8-4-6-11(7-5-8)10(9)12/h2,8-10,12H,1,3-7H2. The van der Waals surface area contributed by atoms with E-state index in [9.17, 15) is 0 Å². The number of piperidine rings is 3. The third-order valence-corrected chi connectivity index (χ3v) is 4.09. The summed E-state index contributed by atoms with van der Waals surface area (Å²) >= 11 is 4.67. The molecule has 0 N–H and O–H groups in total. The van der Waals surface area contributed by atoms with Gasteiger partial charge >= 0.3 is 0 Å². The van der Waals surface area contributed by atoms with Gasteiger partial charge < -0.3 is 0 Å². The van der Waals surface area contributed by atoms with Gasteiger partial charge in [0.1, 0.15) is 0 Å². The molecule has 3 aliphatic heterocycles. The zero-order valence-corrected chi connectivity index (χ0v) is 8.34. The largest absolute Gasteiger partial charge is 0.291 e. The average molecular weight is 183 g/mol. The van der Waals surface area contributed by atoms with Crippen molar-refractivity contribution in [2.45, 2.75) is 24.6 Å². The molecule has 0 aromatic heterocycles. The van der Waals surface area contributed by atoms with E-state index in [2.05, 4.69) is 30.2 Å². The van der Waals surface area contributed by atoms with Crippen molar-refractivity contribution >= 4 is 12.6 Å². The lowest BCUT2D eigenvalue weighted by Gasteiger charge is -2.49. The van der Waals surface area contributed by atoms with Gasteiger partial charge in [-0.3, -0.25) is 4.90 Å². The lowest BCUT2D eigenvalue weighted by atomic mass is 9.77. The van der Waals surface area contributed by atoms with Crippen molar-refractivity contribution in [2.75, 3.05) is 13.1 Å². The minimum Gasteiger partial charge on any atom is -0.291 e. The number of nitrogens with zero attached hydrogens (tertiary/aromatic N) is 1. The van der Waals surface area contributed by atoms with Crippen LogP contribution in [0.4, 0.5) is 0 Å². The maximum absolute atomic E-state index is 4.67. The highest BCUT2D eigenvalue weighted by molar-refractivity contribution is 7.80. The highest BCUT2D eigenvalue weighted by Gasteiger charge is 2.39. The molecule has 3 rings (SSSR count). The Bertz CT molecular complexity index is 171. The summed E-state index contributed by atoms with van der Waals surface area (Å²) in [5.74, 6) is 1.70. The molecule has 2 heteroatoms. The number of fused-ring (bicyclic) bond motifs is 3. The Kier molecular flexibility index (Phi) is 2.47. The minimum atomic E-state index is 0.510. The first-order chi connectivity index (χ1) is 5.83. The van der Waals surface area contributed by atoms with Crippen LogP contribution in [0.2, 0.25) is 0 Å². The molecule has 2 atom stereocenters. The smallest absolute Gasteiger partial charge is 0.0561 e. The minimum absolute atomic E-state index is 0.510. The van der Waals surface area contributed by atoms with Gasteiger partial charge in [0.2, 0.25) is 0 Å². The second-order valence-electron chi connectivity index (χ2n) is 3.98. The molecule has 3 fully saturated rings. The lowest BCUT2D eigenvalue weighted by molar-refractivity contribution is 0.0354. The maximum Gasteiger partial charge on any atom is 0.0561 e. The Balaban J connectivity index is 2.07. The molecule has 0 aromatic carbocycles. The summed E-state index contributed by atoms with van der Waals surface area (Å²) in [4.78, 5) is 2.51. The van der Waals surface area contributed by atoms with Crippen LogP contribution in [-0.2, 0) is 0 Å². The van der Waals surface area contributed by atoms with Crippen molar-refractivity contribution in [3.05, 3.63) is 12.7 Å². The molecule has 3 saturated heterocycles. The van der Waals surface area contributed by atoms with E-state index in [1.807, 2.05) is 0 Å². The summed E-state index contributed by atoms with van der Waals surface area (Å²) < 4.78 is 0. The Hall–Kier alpha value is 0.0500. The van der Waals surface area contributed by atoms with Crippen molar-refractivity contribution in [2.24, 2.45) is 11.8 Å². The van der Waals surface area contributed by atoms with E-state index in [4.69, 9.17) is 0 Å². The van der Waals surface area contributed by atoms with Crippen molar-refractivity contribution in [3.8, 4) is 0 Å². The van der Waals surface area contributed by atoms with Crippen LogP contribution in [-0.4, -0.2) is 23.4 Å². The van der Waals surface area contributed by atoms with Gasteiger partial charge in [-0.05, 0) is 44.2 Å². The zero-order chi connectivity index (χ0) is 8.55. The summed E-state index contributed by atoms with van der Waals surface area (Å²) in [7, 11) is 0. The van der Waals surface area contributed by atoms with Crippen molar-refractivity contribution in [1.82, 2.24) is 4.90 Å². The Morgan fingerprint density at radius 2 is 2.08 bits per heavy atom. The van der Waals surface area contributed by atoms with E-state index in [-0.39, 0.29) is 0 Å². The molecule has 3 aliphatic rings. The second kappa shape index (κ2) is 3.43. The molecule has 1 nitrogen and oxygen atoms in total. The topological polar surface area (TPSA) is 3.24 Å². The predicted octanol–water partition coefficient (Wildman–Crippen LogP) is 2.16. The van der Waals surface area contributed by atoms with E-state index in [1.54, 1.807) is 0 Å². The van der Waals surface area contributed by atoms with Gasteiger partial charge in [0, 0.05) is 0 Å². The quantitative estimate of drug-likeness (QED) is 0.507. The van der Waals surface area contributed by atoms with Gasteiger partial charge in [0.25, 0.3) is 0 Å². The van der Waals surface area contributed by atoms with Crippen LogP contribution < -0.4 is 0 Å². The molecule has 12 heavy (non-hydrogen) atoms. The molecule has 2 unspecified atom stereocenters. The summed E-state index contributed by atoms with van der Waals surface area (Å²) in [6.45, 7) is 6.36. The molecular formula is C10H17NS. The van der Waals surface area contributed by atoms with Crippen molar-refractivity contribution in [3.63, 3.8) is 0 Å². The van der Waals surface area contributed by atoms with E-state index >= 15 is 0 Å². The van der Waals surface area contributed by atoms with Crippen LogP contribution in [0, 0.1) is 11.8 Å². The third kappa shape index (κ3) is 1.31. The first-order valence-corrected chi connectivity index (χ1v) is 5.37. The number of rotatable bonds is 2. The highest BCUT2D eigenvalue weighted by atomic mass is 32.1. The third-order valence-electron chi connectivity index (χ3n) is 3.38. The predicted molar refractivity (Wildman–Crippen MR) is 55.4 cm³/mol. The SMILES string of the molecule is C=CCC1C2CCN(CC2)C1S. The molecular weight excluding hydrogens is 166 g/mol. The molecule has 0 spiro atoms. The molecule has 0 radical (unpaired) electrons. The molecule has 0 saturated carbocycles. The molecule has 3 heterocycles. The number of hydrogen-bond acceptors (Lipinski definition) is 2. The van der Waals surface area contributed by atoms with E-state index in [1.165, 1.54) is 25.9 Å². The van der Waals surface area contributed by atoms with Gasteiger partial charge in [-0.1, -0.05) is 6.08 Å². The van der Waals surface area contributed by atoms with Crippen molar-refractivity contribution < 1.29 is 0 Å².